The van der Waals surface area contributed by atoms with Crippen LogP contribution in [0.3, 0.4) is 0 Å². The predicted molar refractivity (Wildman–Crippen MR) is 85.1 cm³/mol. The van der Waals surface area contributed by atoms with Gasteiger partial charge in [-0.1, -0.05) is 49.4 Å². The van der Waals surface area contributed by atoms with Crippen LogP contribution >= 0.6 is 0 Å². The molecule has 0 aliphatic carbocycles. The zero-order valence-corrected chi connectivity index (χ0v) is 12.5. The van der Waals surface area contributed by atoms with Crippen LogP contribution < -0.4 is 10.1 Å². The number of nitrogens with zero attached hydrogens (tertiary/aromatic N) is 1. The zero-order valence-electron chi connectivity index (χ0n) is 12.5. The fourth-order valence-electron chi connectivity index (χ4n) is 2.11. The van der Waals surface area contributed by atoms with Crippen LogP contribution in [0.15, 0.2) is 54.6 Å². The first-order valence-corrected chi connectivity index (χ1v) is 7.11. The van der Waals surface area contributed by atoms with E-state index in [4.69, 9.17) is 4.74 Å². The number of nitrogens with one attached hydrogen (secondary N) is 1. The second kappa shape index (κ2) is 6.92. The lowest BCUT2D eigenvalue weighted by molar-refractivity contribution is 0.236. The monoisotopic (exact) mass is 280 g/mol. The lowest BCUT2D eigenvalue weighted by Crippen LogP contribution is -2.46. The van der Waals surface area contributed by atoms with Gasteiger partial charge < -0.3 is 4.74 Å². The zero-order chi connectivity index (χ0) is 15.1. The third kappa shape index (κ3) is 4.08. The molecule has 108 valence electrons. The average Bonchev–Trinajstić information content (AvgIpc) is 2.55. The maximum atomic E-state index is 9.19. The lowest BCUT2D eigenvalue weighted by atomic mass is 10.1. The number of ether oxygens (including phenoxy) is 1. The molecule has 21 heavy (non-hydrogen) atoms. The number of likely N-dealkylation sites (N-methyl/N-ethyl adjacent to an activating group) is 1. The Kier molecular flexibility index (Phi) is 4.97. The Morgan fingerprint density at radius 3 is 2.24 bits per heavy atom. The lowest BCUT2D eigenvalue weighted by Gasteiger charge is -2.22. The van der Waals surface area contributed by atoms with Crippen molar-refractivity contribution in [3.63, 3.8) is 0 Å². The molecule has 1 N–H and O–H groups in total. The summed E-state index contributed by atoms with van der Waals surface area (Å²) in [4.78, 5) is 0. The third-order valence-corrected chi connectivity index (χ3v) is 3.30. The summed E-state index contributed by atoms with van der Waals surface area (Å²) in [6, 6.07) is 20.4. The van der Waals surface area contributed by atoms with Crippen molar-refractivity contribution in [2.24, 2.45) is 0 Å². The Morgan fingerprint density at radius 1 is 1.05 bits per heavy atom. The summed E-state index contributed by atoms with van der Waals surface area (Å²) < 4.78 is 5.72. The Hall–Kier alpha value is -2.31. The van der Waals surface area contributed by atoms with E-state index in [0.29, 0.717) is 6.61 Å². The molecule has 0 fully saturated rings. The highest BCUT2D eigenvalue weighted by Crippen LogP contribution is 2.22. The largest absolute Gasteiger partial charge is 0.491 e. The highest BCUT2D eigenvalue weighted by molar-refractivity contribution is 5.63. The van der Waals surface area contributed by atoms with E-state index in [2.05, 4.69) is 23.5 Å². The Labute approximate surface area is 126 Å². The molecule has 3 heteroatoms. The summed E-state index contributed by atoms with van der Waals surface area (Å²) in [7, 11) is 0. The summed E-state index contributed by atoms with van der Waals surface area (Å²) in [6.45, 7) is 4.88. The second-order valence-corrected chi connectivity index (χ2v) is 5.15. The molecule has 0 spiro atoms. The van der Waals surface area contributed by atoms with Gasteiger partial charge in [0.05, 0.1) is 6.07 Å². The first-order chi connectivity index (χ1) is 10.2. The average molecular weight is 280 g/mol. The molecule has 2 aromatic carbocycles. The summed E-state index contributed by atoms with van der Waals surface area (Å²) >= 11 is 0. The van der Waals surface area contributed by atoms with Crippen molar-refractivity contribution in [1.82, 2.24) is 5.32 Å². The molecule has 0 bridgehead atoms. The van der Waals surface area contributed by atoms with E-state index in [0.717, 1.165) is 17.9 Å². The van der Waals surface area contributed by atoms with Crippen LogP contribution in [0.1, 0.15) is 13.8 Å². The number of hydrogen-bond donors (Lipinski definition) is 1. The molecule has 0 aliphatic heterocycles. The highest BCUT2D eigenvalue weighted by Gasteiger charge is 2.23. The number of rotatable bonds is 6. The van der Waals surface area contributed by atoms with Gasteiger partial charge in [-0.2, -0.15) is 5.26 Å². The minimum absolute atomic E-state index is 0.321. The first kappa shape index (κ1) is 15.1. The molecule has 2 rings (SSSR count). The van der Waals surface area contributed by atoms with Gasteiger partial charge in [-0.3, -0.25) is 5.32 Å². The van der Waals surface area contributed by atoms with Gasteiger partial charge in [0.15, 0.2) is 0 Å². The van der Waals surface area contributed by atoms with Crippen molar-refractivity contribution in [3.05, 3.63) is 54.6 Å². The van der Waals surface area contributed by atoms with Gasteiger partial charge in [-0.25, -0.2) is 0 Å². The Morgan fingerprint density at radius 2 is 1.67 bits per heavy atom. The molecule has 1 unspecified atom stereocenters. The van der Waals surface area contributed by atoms with Gasteiger partial charge in [0, 0.05) is 0 Å². The minimum Gasteiger partial charge on any atom is -0.491 e. The van der Waals surface area contributed by atoms with Crippen LogP contribution in [-0.2, 0) is 0 Å². The number of nitriles is 1. The van der Waals surface area contributed by atoms with E-state index in [1.807, 2.05) is 56.3 Å². The van der Waals surface area contributed by atoms with E-state index >= 15 is 0 Å². The van der Waals surface area contributed by atoms with Crippen LogP contribution in [-0.4, -0.2) is 18.7 Å². The molecule has 2 aromatic rings. The quantitative estimate of drug-likeness (QED) is 0.879. The smallest absolute Gasteiger partial charge is 0.138 e. The second-order valence-electron chi connectivity index (χ2n) is 5.15. The van der Waals surface area contributed by atoms with E-state index < -0.39 is 5.54 Å². The molecule has 0 heterocycles. The predicted octanol–water partition coefficient (Wildman–Crippen LogP) is 3.62. The fraction of sp³-hybridized carbons (Fsp3) is 0.278. The van der Waals surface area contributed by atoms with Gasteiger partial charge in [-0.05, 0) is 36.7 Å². The van der Waals surface area contributed by atoms with Crippen molar-refractivity contribution in [2.75, 3.05) is 13.2 Å². The molecular formula is C18H20N2O. The fourth-order valence-corrected chi connectivity index (χ4v) is 2.11. The third-order valence-electron chi connectivity index (χ3n) is 3.30. The van der Waals surface area contributed by atoms with Crippen LogP contribution in [0.5, 0.6) is 5.75 Å². The maximum Gasteiger partial charge on any atom is 0.138 e. The van der Waals surface area contributed by atoms with Gasteiger partial charge >= 0.3 is 0 Å². The van der Waals surface area contributed by atoms with Crippen molar-refractivity contribution in [2.45, 2.75) is 19.4 Å². The molecular weight excluding hydrogens is 260 g/mol. The van der Waals surface area contributed by atoms with E-state index in [1.165, 1.54) is 5.56 Å². The molecule has 0 aliphatic rings. The summed E-state index contributed by atoms with van der Waals surface area (Å²) in [5, 5.41) is 12.3. The van der Waals surface area contributed by atoms with Crippen LogP contribution in [0.2, 0.25) is 0 Å². The standard InChI is InChI=1S/C18H20N2O/c1-3-20-18(2,13-19)14-21-17-11-9-16(10-12-17)15-7-5-4-6-8-15/h4-12,20H,3,14H2,1-2H3. The van der Waals surface area contributed by atoms with E-state index in [-0.39, 0.29) is 0 Å². The van der Waals surface area contributed by atoms with Crippen LogP contribution in [0.25, 0.3) is 11.1 Å². The van der Waals surface area contributed by atoms with Gasteiger partial charge in [-0.15, -0.1) is 0 Å². The van der Waals surface area contributed by atoms with E-state index in [9.17, 15) is 5.26 Å². The molecule has 0 radical (unpaired) electrons. The van der Waals surface area contributed by atoms with Gasteiger partial charge in [0.2, 0.25) is 0 Å². The molecule has 0 aromatic heterocycles. The van der Waals surface area contributed by atoms with Gasteiger partial charge in [0.25, 0.3) is 0 Å². The van der Waals surface area contributed by atoms with Crippen molar-refractivity contribution >= 4 is 0 Å². The van der Waals surface area contributed by atoms with Crippen LogP contribution in [0, 0.1) is 11.3 Å². The SMILES string of the molecule is CCNC(C)(C#N)COc1ccc(-c2ccccc2)cc1. The van der Waals surface area contributed by atoms with E-state index in [1.54, 1.807) is 0 Å². The maximum absolute atomic E-state index is 9.19. The summed E-state index contributed by atoms with van der Waals surface area (Å²) in [6.07, 6.45) is 0. The minimum atomic E-state index is -0.660. The molecule has 1 atom stereocenters. The topological polar surface area (TPSA) is 45.0 Å². The normalized spacial score (nSPS) is 13.2. The molecule has 0 amide bonds. The molecule has 0 saturated carbocycles. The Bertz CT molecular complexity index is 601. The van der Waals surface area contributed by atoms with Crippen molar-refractivity contribution in [3.8, 4) is 22.9 Å². The van der Waals surface area contributed by atoms with Crippen LogP contribution in [0.4, 0.5) is 0 Å². The number of hydrogen-bond acceptors (Lipinski definition) is 3. The summed E-state index contributed by atoms with van der Waals surface area (Å²) in [5.74, 6) is 0.772. The van der Waals surface area contributed by atoms with Gasteiger partial charge in [0.1, 0.15) is 17.9 Å². The van der Waals surface area contributed by atoms with Crippen molar-refractivity contribution in [1.29, 1.82) is 5.26 Å². The Balaban J connectivity index is 2.02. The molecule has 3 nitrogen and oxygen atoms in total. The highest BCUT2D eigenvalue weighted by atomic mass is 16.5. The van der Waals surface area contributed by atoms with Crippen molar-refractivity contribution < 1.29 is 4.74 Å². The first-order valence-electron chi connectivity index (χ1n) is 7.11. The molecule has 0 saturated heterocycles. The summed E-state index contributed by atoms with van der Waals surface area (Å²) in [5.41, 5.74) is 1.67. The number of benzene rings is 2.